The molecule has 0 saturated carbocycles. The number of aromatic nitrogens is 1. The number of nitrogens with one attached hydrogen (secondary N) is 2. The SMILES string of the molecule is C[C@](Cc1c[nH]c2ccccc12)(C(=O)N[C@H](CO)Cc1ccccc1)N(CC1c2ccccc2-c2ccccc21)C(=O)O. The van der Waals surface area contributed by atoms with E-state index in [1.54, 1.807) is 6.92 Å². The predicted molar refractivity (Wildman–Crippen MR) is 168 cm³/mol. The number of hydrogen-bond acceptors (Lipinski definition) is 3. The van der Waals surface area contributed by atoms with Crippen molar-refractivity contribution in [3.8, 4) is 11.1 Å². The van der Waals surface area contributed by atoms with Crippen LogP contribution in [0.5, 0.6) is 0 Å². The van der Waals surface area contributed by atoms with Crippen LogP contribution in [-0.4, -0.2) is 56.8 Å². The molecule has 1 heterocycles. The third-order valence-corrected chi connectivity index (χ3v) is 8.73. The first-order valence-electron chi connectivity index (χ1n) is 14.6. The maximum Gasteiger partial charge on any atom is 0.408 e. The third kappa shape index (κ3) is 5.40. The fourth-order valence-electron chi connectivity index (χ4n) is 6.48. The number of para-hydroxylation sites is 1. The quantitative estimate of drug-likeness (QED) is 0.165. The molecular weight excluding hydrogens is 538 g/mol. The molecule has 0 aliphatic heterocycles. The summed E-state index contributed by atoms with van der Waals surface area (Å²) in [6.07, 6.45) is 1.24. The fourth-order valence-corrected chi connectivity index (χ4v) is 6.48. The lowest BCUT2D eigenvalue weighted by molar-refractivity contribution is -0.132. The van der Waals surface area contributed by atoms with Gasteiger partial charge in [-0.3, -0.25) is 9.69 Å². The van der Waals surface area contributed by atoms with Crippen molar-refractivity contribution < 1.29 is 19.8 Å². The first-order chi connectivity index (χ1) is 20.9. The number of aliphatic hydroxyl groups is 1. The molecule has 7 heteroatoms. The normalized spacial score (nSPS) is 14.5. The number of rotatable bonds is 10. The average Bonchev–Trinajstić information content (AvgIpc) is 3.58. The van der Waals surface area contributed by atoms with Gasteiger partial charge in [0.1, 0.15) is 5.54 Å². The van der Waals surface area contributed by atoms with Gasteiger partial charge in [-0.2, -0.15) is 0 Å². The number of aromatic amines is 1. The van der Waals surface area contributed by atoms with Gasteiger partial charge in [0.2, 0.25) is 5.91 Å². The highest BCUT2D eigenvalue weighted by Gasteiger charge is 2.46. The second-order valence-corrected chi connectivity index (χ2v) is 11.5. The Morgan fingerprint density at radius 1 is 0.884 bits per heavy atom. The lowest BCUT2D eigenvalue weighted by Crippen LogP contribution is -2.62. The summed E-state index contributed by atoms with van der Waals surface area (Å²) in [6.45, 7) is 1.51. The molecule has 5 aromatic rings. The smallest absolute Gasteiger partial charge is 0.408 e. The Morgan fingerprint density at radius 3 is 2.14 bits per heavy atom. The number of H-pyrrole nitrogens is 1. The predicted octanol–water partition coefficient (Wildman–Crippen LogP) is 5.98. The van der Waals surface area contributed by atoms with Gasteiger partial charge in [0.15, 0.2) is 0 Å². The summed E-state index contributed by atoms with van der Waals surface area (Å²) in [5, 5.41) is 25.0. The molecule has 0 bridgehead atoms. The van der Waals surface area contributed by atoms with Crippen molar-refractivity contribution in [3.05, 3.63) is 132 Å². The number of aliphatic hydroxyl groups excluding tert-OH is 1. The van der Waals surface area contributed by atoms with E-state index in [1.807, 2.05) is 97.2 Å². The molecule has 7 nitrogen and oxygen atoms in total. The van der Waals surface area contributed by atoms with E-state index in [-0.39, 0.29) is 25.5 Å². The lowest BCUT2D eigenvalue weighted by atomic mass is 9.87. The highest BCUT2D eigenvalue weighted by atomic mass is 16.4. The number of carbonyl (C=O) groups is 2. The Bertz CT molecular complexity index is 1720. The molecule has 4 N–H and O–H groups in total. The Balaban J connectivity index is 1.39. The number of amides is 2. The molecule has 0 fully saturated rings. The average molecular weight is 574 g/mol. The van der Waals surface area contributed by atoms with Crippen LogP contribution in [0.3, 0.4) is 0 Å². The van der Waals surface area contributed by atoms with Crippen LogP contribution < -0.4 is 5.32 Å². The van der Waals surface area contributed by atoms with E-state index in [9.17, 15) is 19.8 Å². The molecule has 1 aromatic heterocycles. The molecular formula is C36H35N3O4. The Hall–Kier alpha value is -4.88. The highest BCUT2D eigenvalue weighted by molar-refractivity contribution is 5.92. The van der Waals surface area contributed by atoms with Gasteiger partial charge in [0.05, 0.1) is 12.6 Å². The van der Waals surface area contributed by atoms with Gasteiger partial charge in [0.25, 0.3) is 0 Å². The van der Waals surface area contributed by atoms with Crippen LogP contribution in [0.1, 0.15) is 35.1 Å². The van der Waals surface area contributed by atoms with Gasteiger partial charge in [0, 0.05) is 36.0 Å². The van der Waals surface area contributed by atoms with Gasteiger partial charge in [-0.05, 0) is 52.8 Å². The minimum atomic E-state index is -1.49. The Kier molecular flexibility index (Phi) is 7.74. The zero-order valence-corrected chi connectivity index (χ0v) is 24.0. The highest BCUT2D eigenvalue weighted by Crippen LogP contribution is 2.45. The van der Waals surface area contributed by atoms with E-state index in [0.717, 1.165) is 44.3 Å². The van der Waals surface area contributed by atoms with Crippen molar-refractivity contribution >= 4 is 22.9 Å². The molecule has 0 unspecified atom stereocenters. The second kappa shape index (κ2) is 11.8. The lowest BCUT2D eigenvalue weighted by Gasteiger charge is -2.40. The zero-order chi connectivity index (χ0) is 30.0. The summed E-state index contributed by atoms with van der Waals surface area (Å²) in [5.41, 5.74) is 5.49. The van der Waals surface area contributed by atoms with Crippen LogP contribution in [0.2, 0.25) is 0 Å². The second-order valence-electron chi connectivity index (χ2n) is 11.5. The first-order valence-corrected chi connectivity index (χ1v) is 14.6. The number of hydrogen-bond donors (Lipinski definition) is 4. The Morgan fingerprint density at radius 2 is 1.49 bits per heavy atom. The summed E-state index contributed by atoms with van der Waals surface area (Å²) in [7, 11) is 0. The summed E-state index contributed by atoms with van der Waals surface area (Å²) in [4.78, 5) is 32.1. The largest absolute Gasteiger partial charge is 0.465 e. The molecule has 6 rings (SSSR count). The molecule has 2 amide bonds. The maximum atomic E-state index is 14.4. The molecule has 1 aliphatic carbocycles. The number of carboxylic acid groups (broad SMARTS) is 1. The zero-order valence-electron chi connectivity index (χ0n) is 24.0. The van der Waals surface area contributed by atoms with Crippen molar-refractivity contribution in [1.82, 2.24) is 15.2 Å². The molecule has 218 valence electrons. The van der Waals surface area contributed by atoms with Crippen molar-refractivity contribution in [2.75, 3.05) is 13.2 Å². The summed E-state index contributed by atoms with van der Waals surface area (Å²) < 4.78 is 0. The third-order valence-electron chi connectivity index (χ3n) is 8.73. The molecule has 0 spiro atoms. The topological polar surface area (TPSA) is 106 Å². The molecule has 43 heavy (non-hydrogen) atoms. The fraction of sp³-hybridized carbons (Fsp3) is 0.222. The Labute approximate surface area is 250 Å². The molecule has 1 aliphatic rings. The minimum Gasteiger partial charge on any atom is -0.465 e. The van der Waals surface area contributed by atoms with Gasteiger partial charge >= 0.3 is 6.09 Å². The van der Waals surface area contributed by atoms with Crippen molar-refractivity contribution in [1.29, 1.82) is 0 Å². The number of benzene rings is 4. The standard InChI is InChI=1S/C36H35N3O4/c1-36(20-25-21-37-33-18-10-9-13-27(25)33,34(41)38-26(23-40)19-24-11-3-2-4-12-24)39(35(42)43)22-32-30-16-7-5-14-28(30)29-15-6-8-17-31(29)32/h2-18,21,26,32,37,40H,19-20,22-23H2,1H3,(H,38,41)(H,42,43)/t26-,36-/m0/s1. The van der Waals surface area contributed by atoms with E-state index in [2.05, 4.69) is 22.4 Å². The van der Waals surface area contributed by atoms with Crippen molar-refractivity contribution in [3.63, 3.8) is 0 Å². The monoisotopic (exact) mass is 573 g/mol. The number of carbonyl (C=O) groups excluding carboxylic acids is 1. The van der Waals surface area contributed by atoms with E-state index < -0.39 is 23.6 Å². The minimum absolute atomic E-state index is 0.0953. The molecule has 0 radical (unpaired) electrons. The number of nitrogens with zero attached hydrogens (tertiary/aromatic N) is 1. The van der Waals surface area contributed by atoms with Gasteiger partial charge < -0.3 is 20.5 Å². The molecule has 0 saturated heterocycles. The summed E-state index contributed by atoms with van der Waals surface area (Å²) in [5.74, 6) is -0.689. The van der Waals surface area contributed by atoms with Crippen LogP contribution >= 0.6 is 0 Å². The van der Waals surface area contributed by atoms with E-state index >= 15 is 0 Å². The maximum absolute atomic E-state index is 14.4. The van der Waals surface area contributed by atoms with Crippen LogP contribution in [-0.2, 0) is 17.6 Å². The van der Waals surface area contributed by atoms with Crippen molar-refractivity contribution in [2.45, 2.75) is 37.3 Å². The van der Waals surface area contributed by atoms with Crippen LogP contribution in [0.4, 0.5) is 4.79 Å². The van der Waals surface area contributed by atoms with Crippen LogP contribution in [0.15, 0.2) is 109 Å². The van der Waals surface area contributed by atoms with Gasteiger partial charge in [-0.25, -0.2) is 4.79 Å². The number of fused-ring (bicyclic) bond motifs is 4. The molecule has 2 atom stereocenters. The van der Waals surface area contributed by atoms with Gasteiger partial charge in [-0.15, -0.1) is 0 Å². The van der Waals surface area contributed by atoms with E-state index in [4.69, 9.17) is 0 Å². The van der Waals surface area contributed by atoms with Crippen LogP contribution in [0.25, 0.3) is 22.0 Å². The summed E-state index contributed by atoms with van der Waals surface area (Å²) in [6, 6.07) is 33.0. The van der Waals surface area contributed by atoms with E-state index in [0.29, 0.717) is 6.42 Å². The van der Waals surface area contributed by atoms with E-state index in [1.165, 1.54) is 4.90 Å². The van der Waals surface area contributed by atoms with Crippen molar-refractivity contribution in [2.24, 2.45) is 0 Å². The summed E-state index contributed by atoms with van der Waals surface area (Å²) >= 11 is 0. The van der Waals surface area contributed by atoms with Crippen LogP contribution in [0, 0.1) is 0 Å². The molecule has 4 aromatic carbocycles. The van der Waals surface area contributed by atoms with Gasteiger partial charge in [-0.1, -0.05) is 97.1 Å². The first kappa shape index (κ1) is 28.2.